The number of nitrogens with zero attached hydrogens (tertiary/aromatic N) is 1. The summed E-state index contributed by atoms with van der Waals surface area (Å²) < 4.78 is 0. The second kappa shape index (κ2) is 4.56. The van der Waals surface area contributed by atoms with E-state index in [0.717, 1.165) is 19.4 Å². The summed E-state index contributed by atoms with van der Waals surface area (Å²) in [5, 5.41) is 8.90. The van der Waals surface area contributed by atoms with Crippen LogP contribution < -0.4 is 4.90 Å². The van der Waals surface area contributed by atoms with Crippen molar-refractivity contribution < 1.29 is 9.90 Å². The monoisotopic (exact) mass is 219 g/mol. The molecule has 1 unspecified atom stereocenters. The van der Waals surface area contributed by atoms with Gasteiger partial charge in [0.1, 0.15) is 0 Å². The standard InChI is InChI=1S/C13H17NO2/c1-2-11(9-13(15)16)14-8-7-10-5-3-4-6-12(10)14/h3-6,11H,2,7-9H2,1H3,(H,15,16). The minimum atomic E-state index is -0.712. The van der Waals surface area contributed by atoms with Gasteiger partial charge in [0.05, 0.1) is 6.42 Å². The Bertz CT molecular complexity index is 389. The maximum absolute atomic E-state index is 10.8. The number of hydrogen-bond donors (Lipinski definition) is 1. The molecule has 1 atom stereocenters. The van der Waals surface area contributed by atoms with Crippen LogP contribution in [0.5, 0.6) is 0 Å². The van der Waals surface area contributed by atoms with Crippen molar-refractivity contribution in [1.29, 1.82) is 0 Å². The van der Waals surface area contributed by atoms with E-state index in [2.05, 4.69) is 24.0 Å². The summed E-state index contributed by atoms with van der Waals surface area (Å²) in [4.78, 5) is 13.1. The highest BCUT2D eigenvalue weighted by atomic mass is 16.4. The Hall–Kier alpha value is -1.51. The Balaban J connectivity index is 2.19. The molecule has 3 nitrogen and oxygen atoms in total. The lowest BCUT2D eigenvalue weighted by molar-refractivity contribution is -0.137. The van der Waals surface area contributed by atoms with Gasteiger partial charge < -0.3 is 10.0 Å². The maximum atomic E-state index is 10.8. The van der Waals surface area contributed by atoms with Crippen LogP contribution in [-0.2, 0) is 11.2 Å². The van der Waals surface area contributed by atoms with Crippen molar-refractivity contribution in [3.63, 3.8) is 0 Å². The zero-order valence-electron chi connectivity index (χ0n) is 9.52. The molecule has 16 heavy (non-hydrogen) atoms. The predicted octanol–water partition coefficient (Wildman–Crippen LogP) is 2.30. The molecule has 0 spiro atoms. The first-order valence-electron chi connectivity index (χ1n) is 5.78. The lowest BCUT2D eigenvalue weighted by atomic mass is 10.1. The third kappa shape index (κ3) is 2.03. The highest BCUT2D eigenvalue weighted by molar-refractivity contribution is 5.69. The third-order valence-electron chi connectivity index (χ3n) is 3.25. The van der Waals surface area contributed by atoms with Gasteiger partial charge in [-0.05, 0) is 24.5 Å². The molecular weight excluding hydrogens is 202 g/mol. The highest BCUT2D eigenvalue weighted by Crippen LogP contribution is 2.30. The van der Waals surface area contributed by atoms with Crippen molar-refractivity contribution in [2.24, 2.45) is 0 Å². The number of rotatable bonds is 4. The molecule has 0 aromatic heterocycles. The van der Waals surface area contributed by atoms with Crippen LogP contribution in [0, 0.1) is 0 Å². The number of hydrogen-bond acceptors (Lipinski definition) is 2. The molecule has 1 aromatic carbocycles. The van der Waals surface area contributed by atoms with Crippen molar-refractivity contribution >= 4 is 11.7 Å². The number of para-hydroxylation sites is 1. The molecule has 1 aromatic rings. The Morgan fingerprint density at radius 1 is 1.50 bits per heavy atom. The van der Waals surface area contributed by atoms with Crippen LogP contribution in [0.4, 0.5) is 5.69 Å². The average Bonchev–Trinajstić information content (AvgIpc) is 2.69. The predicted molar refractivity (Wildman–Crippen MR) is 63.8 cm³/mol. The largest absolute Gasteiger partial charge is 0.481 e. The molecule has 0 saturated heterocycles. The van der Waals surface area contributed by atoms with Crippen molar-refractivity contribution in [3.05, 3.63) is 29.8 Å². The van der Waals surface area contributed by atoms with E-state index in [1.807, 2.05) is 12.1 Å². The van der Waals surface area contributed by atoms with E-state index in [-0.39, 0.29) is 12.5 Å². The molecule has 1 aliphatic heterocycles. The van der Waals surface area contributed by atoms with Gasteiger partial charge in [-0.1, -0.05) is 25.1 Å². The second-order valence-corrected chi connectivity index (χ2v) is 4.23. The summed E-state index contributed by atoms with van der Waals surface area (Å²) >= 11 is 0. The Morgan fingerprint density at radius 3 is 2.94 bits per heavy atom. The van der Waals surface area contributed by atoms with E-state index >= 15 is 0 Å². The van der Waals surface area contributed by atoms with Gasteiger partial charge in [-0.2, -0.15) is 0 Å². The van der Waals surface area contributed by atoms with Gasteiger partial charge in [0.2, 0.25) is 0 Å². The lowest BCUT2D eigenvalue weighted by Gasteiger charge is -2.28. The topological polar surface area (TPSA) is 40.5 Å². The van der Waals surface area contributed by atoms with Crippen LogP contribution >= 0.6 is 0 Å². The van der Waals surface area contributed by atoms with Gasteiger partial charge >= 0.3 is 5.97 Å². The van der Waals surface area contributed by atoms with E-state index in [1.54, 1.807) is 0 Å². The van der Waals surface area contributed by atoms with E-state index in [4.69, 9.17) is 5.11 Å². The fraction of sp³-hybridized carbons (Fsp3) is 0.462. The molecule has 86 valence electrons. The zero-order valence-corrected chi connectivity index (χ0v) is 9.52. The minimum absolute atomic E-state index is 0.126. The van der Waals surface area contributed by atoms with Crippen LogP contribution in [0.3, 0.4) is 0 Å². The Kier molecular flexibility index (Phi) is 3.13. The van der Waals surface area contributed by atoms with Crippen LogP contribution in [0.15, 0.2) is 24.3 Å². The fourth-order valence-electron chi connectivity index (χ4n) is 2.42. The number of benzene rings is 1. The molecule has 1 heterocycles. The molecule has 0 aliphatic carbocycles. The van der Waals surface area contributed by atoms with Gasteiger partial charge in [0.15, 0.2) is 0 Å². The Labute approximate surface area is 95.7 Å². The number of anilines is 1. The molecular formula is C13H17NO2. The van der Waals surface area contributed by atoms with E-state index in [9.17, 15) is 4.79 Å². The summed E-state index contributed by atoms with van der Waals surface area (Å²) in [7, 11) is 0. The van der Waals surface area contributed by atoms with Crippen LogP contribution in [0.1, 0.15) is 25.3 Å². The molecule has 0 bridgehead atoms. The van der Waals surface area contributed by atoms with E-state index in [0.29, 0.717) is 0 Å². The van der Waals surface area contributed by atoms with Gasteiger partial charge in [-0.15, -0.1) is 0 Å². The quantitative estimate of drug-likeness (QED) is 0.844. The highest BCUT2D eigenvalue weighted by Gasteiger charge is 2.25. The van der Waals surface area contributed by atoms with Crippen LogP contribution in [-0.4, -0.2) is 23.7 Å². The van der Waals surface area contributed by atoms with Crippen molar-refractivity contribution in [1.82, 2.24) is 0 Å². The first-order valence-corrected chi connectivity index (χ1v) is 5.78. The minimum Gasteiger partial charge on any atom is -0.481 e. The number of carboxylic acid groups (broad SMARTS) is 1. The molecule has 2 rings (SSSR count). The number of aliphatic carboxylic acids is 1. The normalized spacial score (nSPS) is 15.9. The third-order valence-corrected chi connectivity index (χ3v) is 3.25. The molecule has 1 N–H and O–H groups in total. The molecule has 0 saturated carbocycles. The zero-order chi connectivity index (χ0) is 11.5. The molecule has 0 amide bonds. The summed E-state index contributed by atoms with van der Waals surface area (Å²) in [6.07, 6.45) is 2.14. The van der Waals surface area contributed by atoms with Crippen molar-refractivity contribution in [2.45, 2.75) is 32.2 Å². The SMILES string of the molecule is CCC(CC(=O)O)N1CCc2ccccc21. The van der Waals surface area contributed by atoms with Gasteiger partial charge in [0, 0.05) is 18.3 Å². The fourth-order valence-corrected chi connectivity index (χ4v) is 2.42. The van der Waals surface area contributed by atoms with Crippen molar-refractivity contribution in [3.8, 4) is 0 Å². The molecule has 0 radical (unpaired) electrons. The van der Waals surface area contributed by atoms with E-state index < -0.39 is 5.97 Å². The Morgan fingerprint density at radius 2 is 2.25 bits per heavy atom. The van der Waals surface area contributed by atoms with E-state index in [1.165, 1.54) is 11.3 Å². The van der Waals surface area contributed by atoms with Gasteiger partial charge in [0.25, 0.3) is 0 Å². The summed E-state index contributed by atoms with van der Waals surface area (Å²) in [5.41, 5.74) is 2.56. The molecule has 3 heteroatoms. The number of carbonyl (C=O) groups is 1. The summed E-state index contributed by atoms with van der Waals surface area (Å²) in [5.74, 6) is -0.712. The molecule has 0 fully saturated rings. The van der Waals surface area contributed by atoms with Crippen LogP contribution in [0.25, 0.3) is 0 Å². The van der Waals surface area contributed by atoms with Crippen LogP contribution in [0.2, 0.25) is 0 Å². The maximum Gasteiger partial charge on any atom is 0.305 e. The number of carboxylic acids is 1. The van der Waals surface area contributed by atoms with Crippen molar-refractivity contribution in [2.75, 3.05) is 11.4 Å². The smallest absolute Gasteiger partial charge is 0.305 e. The second-order valence-electron chi connectivity index (χ2n) is 4.23. The first-order chi connectivity index (χ1) is 7.72. The summed E-state index contributed by atoms with van der Waals surface area (Å²) in [6.45, 7) is 3.00. The average molecular weight is 219 g/mol. The van der Waals surface area contributed by atoms with Gasteiger partial charge in [-0.25, -0.2) is 0 Å². The lowest BCUT2D eigenvalue weighted by Crippen LogP contribution is -2.35. The molecule has 1 aliphatic rings. The first kappa shape index (κ1) is 11.0. The number of fused-ring (bicyclic) bond motifs is 1. The van der Waals surface area contributed by atoms with Gasteiger partial charge in [-0.3, -0.25) is 4.79 Å². The summed E-state index contributed by atoms with van der Waals surface area (Å²) in [6, 6.07) is 8.40.